The Morgan fingerprint density at radius 1 is 1.28 bits per heavy atom. The third-order valence-electron chi connectivity index (χ3n) is 4.18. The van der Waals surface area contributed by atoms with Gasteiger partial charge in [0.1, 0.15) is 5.54 Å². The van der Waals surface area contributed by atoms with Gasteiger partial charge >= 0.3 is 0 Å². The van der Waals surface area contributed by atoms with Gasteiger partial charge in [0.15, 0.2) is 0 Å². The first-order chi connectivity index (χ1) is 8.66. The fraction of sp³-hybridized carbons (Fsp3) is 0.933. The van der Waals surface area contributed by atoms with Gasteiger partial charge in [0.05, 0.1) is 6.07 Å². The van der Waals surface area contributed by atoms with Crippen molar-refractivity contribution >= 4 is 11.8 Å². The number of thioether (sulfide) groups is 1. The van der Waals surface area contributed by atoms with Gasteiger partial charge in [-0.05, 0) is 57.1 Å². The highest BCUT2D eigenvalue weighted by molar-refractivity contribution is 7.99. The maximum atomic E-state index is 9.60. The molecule has 18 heavy (non-hydrogen) atoms. The van der Waals surface area contributed by atoms with Crippen LogP contribution in [-0.2, 0) is 0 Å². The molecule has 0 spiro atoms. The quantitative estimate of drug-likeness (QED) is 0.765. The normalized spacial score (nSPS) is 24.1. The number of nitrogens with zero attached hydrogens (tertiary/aromatic N) is 1. The van der Waals surface area contributed by atoms with Gasteiger partial charge in [0.25, 0.3) is 0 Å². The van der Waals surface area contributed by atoms with E-state index >= 15 is 0 Å². The number of hydrogen-bond acceptors (Lipinski definition) is 3. The Kier molecular flexibility index (Phi) is 4.98. The lowest BCUT2D eigenvalue weighted by molar-refractivity contribution is 0.370. The number of nitrogens with one attached hydrogen (secondary N) is 1. The summed E-state index contributed by atoms with van der Waals surface area (Å²) in [5, 5.41) is 13.2. The molecule has 2 aliphatic carbocycles. The molecule has 2 rings (SSSR count). The zero-order chi connectivity index (χ0) is 13.0. The molecule has 0 aromatic carbocycles. The first-order valence-corrected chi connectivity index (χ1v) is 8.58. The van der Waals surface area contributed by atoms with Gasteiger partial charge in [0.2, 0.25) is 0 Å². The number of hydrogen-bond donors (Lipinski definition) is 1. The van der Waals surface area contributed by atoms with Crippen LogP contribution in [0.1, 0.15) is 52.4 Å². The molecule has 1 atom stereocenters. The van der Waals surface area contributed by atoms with E-state index in [9.17, 15) is 5.26 Å². The van der Waals surface area contributed by atoms with E-state index in [1.54, 1.807) is 0 Å². The van der Waals surface area contributed by atoms with E-state index in [0.717, 1.165) is 11.7 Å². The molecule has 2 fully saturated rings. The van der Waals surface area contributed by atoms with Crippen LogP contribution >= 0.6 is 11.8 Å². The van der Waals surface area contributed by atoms with Crippen LogP contribution in [-0.4, -0.2) is 23.1 Å². The molecular formula is C15H26N2S. The van der Waals surface area contributed by atoms with Gasteiger partial charge in [-0.2, -0.15) is 17.0 Å². The second kappa shape index (κ2) is 6.30. The molecule has 0 bridgehead atoms. The second-order valence-corrected chi connectivity index (χ2v) is 7.35. The third kappa shape index (κ3) is 3.65. The molecule has 102 valence electrons. The third-order valence-corrected chi connectivity index (χ3v) is 5.54. The lowest BCUT2D eigenvalue weighted by Gasteiger charge is -2.30. The summed E-state index contributed by atoms with van der Waals surface area (Å²) in [4.78, 5) is 0. The highest BCUT2D eigenvalue weighted by atomic mass is 32.2. The van der Waals surface area contributed by atoms with Crippen molar-refractivity contribution in [3.8, 4) is 6.07 Å². The predicted octanol–water partition coefficient (Wildman–Crippen LogP) is 3.58. The van der Waals surface area contributed by atoms with Crippen LogP contribution in [0.25, 0.3) is 0 Å². The molecule has 3 heteroatoms. The molecule has 2 nitrogen and oxygen atoms in total. The molecule has 2 saturated carbocycles. The molecule has 0 saturated heterocycles. The minimum absolute atomic E-state index is 0.253. The van der Waals surface area contributed by atoms with Crippen LogP contribution in [0.3, 0.4) is 0 Å². The van der Waals surface area contributed by atoms with E-state index in [4.69, 9.17) is 0 Å². The topological polar surface area (TPSA) is 35.8 Å². The molecule has 0 aromatic rings. The Bertz CT molecular complexity index is 300. The Balaban J connectivity index is 1.82. The van der Waals surface area contributed by atoms with Gasteiger partial charge < -0.3 is 0 Å². The first-order valence-electron chi connectivity index (χ1n) is 7.43. The molecule has 0 aromatic heterocycles. The summed E-state index contributed by atoms with van der Waals surface area (Å²) in [6, 6.07) is 3.00. The highest BCUT2D eigenvalue weighted by Crippen LogP contribution is 2.42. The van der Waals surface area contributed by atoms with E-state index in [0.29, 0.717) is 12.0 Å². The average molecular weight is 266 g/mol. The maximum Gasteiger partial charge on any atom is 0.118 e. The maximum absolute atomic E-state index is 9.60. The van der Waals surface area contributed by atoms with Gasteiger partial charge in [0, 0.05) is 11.8 Å². The summed E-state index contributed by atoms with van der Waals surface area (Å²) in [7, 11) is 0. The minimum Gasteiger partial charge on any atom is -0.296 e. The molecule has 0 aliphatic heterocycles. The predicted molar refractivity (Wildman–Crippen MR) is 78.6 cm³/mol. The van der Waals surface area contributed by atoms with Crippen LogP contribution in [0.5, 0.6) is 0 Å². The van der Waals surface area contributed by atoms with E-state index in [1.807, 2.05) is 11.8 Å². The van der Waals surface area contributed by atoms with Crippen molar-refractivity contribution in [3.05, 3.63) is 0 Å². The first kappa shape index (κ1) is 14.2. The Hall–Kier alpha value is -0.200. The average Bonchev–Trinajstić information content (AvgIpc) is 3.07. The van der Waals surface area contributed by atoms with E-state index < -0.39 is 0 Å². The molecule has 0 amide bonds. The zero-order valence-electron chi connectivity index (χ0n) is 11.7. The van der Waals surface area contributed by atoms with Crippen LogP contribution in [0, 0.1) is 23.2 Å². The molecule has 1 N–H and O–H groups in total. The van der Waals surface area contributed by atoms with Crippen LogP contribution < -0.4 is 5.32 Å². The van der Waals surface area contributed by atoms with Crippen molar-refractivity contribution in [2.24, 2.45) is 11.8 Å². The smallest absolute Gasteiger partial charge is 0.118 e. The molecule has 2 aliphatic rings. The van der Waals surface area contributed by atoms with E-state index in [2.05, 4.69) is 25.2 Å². The van der Waals surface area contributed by atoms with E-state index in [1.165, 1.54) is 44.3 Å². The Morgan fingerprint density at radius 2 is 1.94 bits per heavy atom. The zero-order valence-corrected chi connectivity index (χ0v) is 12.6. The van der Waals surface area contributed by atoms with Crippen molar-refractivity contribution < 1.29 is 0 Å². The van der Waals surface area contributed by atoms with Crippen molar-refractivity contribution in [2.75, 3.05) is 11.5 Å². The number of rotatable bonds is 7. The fourth-order valence-electron chi connectivity index (χ4n) is 3.09. The molecule has 0 radical (unpaired) electrons. The lowest BCUT2D eigenvalue weighted by atomic mass is 9.96. The summed E-state index contributed by atoms with van der Waals surface area (Å²) in [5.74, 6) is 3.75. The lowest BCUT2D eigenvalue weighted by Crippen LogP contribution is -2.51. The van der Waals surface area contributed by atoms with Gasteiger partial charge in [-0.25, -0.2) is 0 Å². The van der Waals surface area contributed by atoms with Crippen molar-refractivity contribution in [1.29, 1.82) is 5.26 Å². The Labute approximate surface area is 116 Å². The largest absolute Gasteiger partial charge is 0.296 e. The SMILES string of the molecule is CC(C)NC(C#N)(CSCC1CCCC1)C1CC1. The van der Waals surface area contributed by atoms with Gasteiger partial charge in [-0.3, -0.25) is 5.32 Å². The molecule has 0 heterocycles. The van der Waals surface area contributed by atoms with Crippen LogP contribution in [0.2, 0.25) is 0 Å². The Morgan fingerprint density at radius 3 is 2.44 bits per heavy atom. The van der Waals surface area contributed by atoms with Crippen LogP contribution in [0.4, 0.5) is 0 Å². The summed E-state index contributed by atoms with van der Waals surface area (Å²) >= 11 is 2.01. The minimum atomic E-state index is -0.253. The van der Waals surface area contributed by atoms with Crippen LogP contribution in [0.15, 0.2) is 0 Å². The molecule has 1 unspecified atom stereocenters. The second-order valence-electron chi connectivity index (χ2n) is 6.32. The summed E-state index contributed by atoms with van der Waals surface area (Å²) in [6.45, 7) is 4.30. The number of nitriles is 1. The van der Waals surface area contributed by atoms with Crippen molar-refractivity contribution in [1.82, 2.24) is 5.32 Å². The summed E-state index contributed by atoms with van der Waals surface area (Å²) in [5.41, 5.74) is -0.253. The molecular weight excluding hydrogens is 240 g/mol. The highest BCUT2D eigenvalue weighted by Gasteiger charge is 2.45. The van der Waals surface area contributed by atoms with Crippen molar-refractivity contribution in [2.45, 2.75) is 64.0 Å². The van der Waals surface area contributed by atoms with Crippen molar-refractivity contribution in [3.63, 3.8) is 0 Å². The summed E-state index contributed by atoms with van der Waals surface area (Å²) < 4.78 is 0. The van der Waals surface area contributed by atoms with Gasteiger partial charge in [-0.15, -0.1) is 0 Å². The van der Waals surface area contributed by atoms with E-state index in [-0.39, 0.29) is 5.54 Å². The van der Waals surface area contributed by atoms with Gasteiger partial charge in [-0.1, -0.05) is 12.8 Å². The monoisotopic (exact) mass is 266 g/mol. The summed E-state index contributed by atoms with van der Waals surface area (Å²) in [6.07, 6.45) is 8.12. The standard InChI is InChI=1S/C15H26N2S/c1-12(2)17-15(10-16,14-7-8-14)11-18-9-13-5-3-4-6-13/h12-14,17H,3-9,11H2,1-2H3. The fourth-order valence-corrected chi connectivity index (χ4v) is 4.58.